The molecule has 1 unspecified atom stereocenters. The summed E-state index contributed by atoms with van der Waals surface area (Å²) in [4.78, 5) is 20.3. The standard InChI is InChI=1S/C3H3NO3S/c5-1-2(6)8-3(7)4-1/h2,6H,(H,4,5,7). The predicted octanol–water partition coefficient (Wildman–Crippen LogP) is -0.712. The number of hydrogen-bond donors (Lipinski definition) is 2. The van der Waals surface area contributed by atoms with Crippen LogP contribution in [0.1, 0.15) is 0 Å². The molecule has 4 nitrogen and oxygen atoms in total. The van der Waals surface area contributed by atoms with E-state index in [-0.39, 0.29) is 0 Å². The third kappa shape index (κ3) is 0.823. The molecule has 5 heteroatoms. The van der Waals surface area contributed by atoms with Crippen LogP contribution in [-0.4, -0.2) is 21.7 Å². The molecule has 0 bridgehead atoms. The van der Waals surface area contributed by atoms with E-state index in [9.17, 15) is 9.59 Å². The Morgan fingerprint density at radius 2 is 2.25 bits per heavy atom. The number of aliphatic hydroxyl groups excluding tert-OH is 1. The molecule has 1 saturated heterocycles. The van der Waals surface area contributed by atoms with Crippen LogP contribution in [0.4, 0.5) is 4.79 Å². The van der Waals surface area contributed by atoms with Gasteiger partial charge in [0.25, 0.3) is 11.1 Å². The zero-order valence-electron chi connectivity index (χ0n) is 3.75. The first-order valence-electron chi connectivity index (χ1n) is 1.89. The summed E-state index contributed by atoms with van der Waals surface area (Å²) in [7, 11) is 0. The van der Waals surface area contributed by atoms with Crippen molar-refractivity contribution in [2.45, 2.75) is 5.44 Å². The summed E-state index contributed by atoms with van der Waals surface area (Å²) in [6.07, 6.45) is 0. The average molecular weight is 133 g/mol. The lowest BCUT2D eigenvalue weighted by molar-refractivity contribution is -0.123. The molecule has 1 fully saturated rings. The van der Waals surface area contributed by atoms with Crippen LogP contribution < -0.4 is 5.32 Å². The van der Waals surface area contributed by atoms with Crippen molar-refractivity contribution in [1.82, 2.24) is 5.32 Å². The molecule has 0 radical (unpaired) electrons. The fraction of sp³-hybridized carbons (Fsp3) is 0.333. The molecule has 0 aromatic carbocycles. The summed E-state index contributed by atoms with van der Waals surface area (Å²) in [6, 6.07) is 0. The topological polar surface area (TPSA) is 66.4 Å². The lowest BCUT2D eigenvalue weighted by Gasteiger charge is -1.87. The van der Waals surface area contributed by atoms with Gasteiger partial charge in [0.15, 0.2) is 5.44 Å². The van der Waals surface area contributed by atoms with Gasteiger partial charge in [0, 0.05) is 0 Å². The number of thioether (sulfide) groups is 1. The van der Waals surface area contributed by atoms with Crippen molar-refractivity contribution < 1.29 is 14.7 Å². The summed E-state index contributed by atoms with van der Waals surface area (Å²) in [5, 5.41) is 9.92. The molecule has 0 spiro atoms. The van der Waals surface area contributed by atoms with Gasteiger partial charge in [-0.1, -0.05) is 0 Å². The molecule has 0 saturated carbocycles. The van der Waals surface area contributed by atoms with E-state index >= 15 is 0 Å². The molecule has 0 aromatic heterocycles. The normalized spacial score (nSPS) is 28.4. The molecule has 8 heavy (non-hydrogen) atoms. The van der Waals surface area contributed by atoms with Crippen molar-refractivity contribution in [1.29, 1.82) is 0 Å². The Kier molecular flexibility index (Phi) is 1.22. The smallest absolute Gasteiger partial charge is 0.288 e. The van der Waals surface area contributed by atoms with Gasteiger partial charge in [-0.25, -0.2) is 0 Å². The van der Waals surface area contributed by atoms with Crippen LogP contribution in [-0.2, 0) is 4.79 Å². The lowest BCUT2D eigenvalue weighted by atomic mass is 10.7. The van der Waals surface area contributed by atoms with Crippen molar-refractivity contribution in [3.05, 3.63) is 0 Å². The number of nitrogens with one attached hydrogen (secondary N) is 1. The predicted molar refractivity (Wildman–Crippen MR) is 27.1 cm³/mol. The highest BCUT2D eigenvalue weighted by Crippen LogP contribution is 2.14. The van der Waals surface area contributed by atoms with Gasteiger partial charge in [-0.2, -0.15) is 0 Å². The van der Waals surface area contributed by atoms with Gasteiger partial charge in [-0.05, 0) is 11.8 Å². The fourth-order valence-corrected chi connectivity index (χ4v) is 0.875. The summed E-state index contributed by atoms with van der Waals surface area (Å²) in [6.45, 7) is 0. The monoisotopic (exact) mass is 133 g/mol. The van der Waals surface area contributed by atoms with Crippen molar-refractivity contribution in [2.75, 3.05) is 0 Å². The molecule has 1 aliphatic heterocycles. The zero-order chi connectivity index (χ0) is 6.15. The largest absolute Gasteiger partial charge is 0.373 e. The van der Waals surface area contributed by atoms with E-state index in [1.807, 2.05) is 5.32 Å². The van der Waals surface area contributed by atoms with Gasteiger partial charge in [0.1, 0.15) is 0 Å². The van der Waals surface area contributed by atoms with Crippen molar-refractivity contribution in [3.63, 3.8) is 0 Å². The van der Waals surface area contributed by atoms with Gasteiger partial charge in [-0.3, -0.25) is 14.9 Å². The zero-order valence-corrected chi connectivity index (χ0v) is 4.57. The summed E-state index contributed by atoms with van der Waals surface area (Å²) >= 11 is 0.584. The second kappa shape index (κ2) is 1.75. The van der Waals surface area contributed by atoms with E-state index in [2.05, 4.69) is 0 Å². The van der Waals surface area contributed by atoms with Gasteiger partial charge in [-0.15, -0.1) is 0 Å². The minimum atomic E-state index is -1.19. The van der Waals surface area contributed by atoms with E-state index in [1.165, 1.54) is 0 Å². The number of rotatable bonds is 0. The summed E-state index contributed by atoms with van der Waals surface area (Å²) < 4.78 is 0. The quantitative estimate of drug-likeness (QED) is 0.458. The maximum Gasteiger partial charge on any atom is 0.288 e. The molecule has 1 rings (SSSR count). The van der Waals surface area contributed by atoms with E-state index in [1.54, 1.807) is 0 Å². The Balaban J connectivity index is 2.64. The molecule has 1 aliphatic rings. The SMILES string of the molecule is O=C1NC(=O)C(O)S1. The summed E-state index contributed by atoms with van der Waals surface area (Å²) in [5.41, 5.74) is -1.19. The molecule has 2 amide bonds. The molecular weight excluding hydrogens is 130 g/mol. The molecule has 0 aromatic rings. The van der Waals surface area contributed by atoms with Crippen molar-refractivity contribution in [3.8, 4) is 0 Å². The Labute approximate surface area is 49.3 Å². The van der Waals surface area contributed by atoms with Crippen LogP contribution in [0, 0.1) is 0 Å². The Morgan fingerprint density at radius 1 is 1.62 bits per heavy atom. The van der Waals surface area contributed by atoms with Crippen LogP contribution in [0.15, 0.2) is 0 Å². The Morgan fingerprint density at radius 3 is 2.38 bits per heavy atom. The van der Waals surface area contributed by atoms with Gasteiger partial charge < -0.3 is 5.11 Å². The van der Waals surface area contributed by atoms with E-state index < -0.39 is 16.6 Å². The van der Waals surface area contributed by atoms with Crippen LogP contribution in [0.5, 0.6) is 0 Å². The maximum atomic E-state index is 10.2. The lowest BCUT2D eigenvalue weighted by Crippen LogP contribution is -2.23. The Bertz CT molecular complexity index is 145. The second-order valence-electron chi connectivity index (χ2n) is 1.25. The third-order valence-corrected chi connectivity index (χ3v) is 1.42. The van der Waals surface area contributed by atoms with Crippen LogP contribution in [0.2, 0.25) is 0 Å². The van der Waals surface area contributed by atoms with Crippen LogP contribution in [0.25, 0.3) is 0 Å². The van der Waals surface area contributed by atoms with Crippen molar-refractivity contribution in [2.24, 2.45) is 0 Å². The van der Waals surface area contributed by atoms with E-state index in [0.717, 1.165) is 0 Å². The highest BCUT2D eigenvalue weighted by Gasteiger charge is 2.28. The molecule has 0 aliphatic carbocycles. The van der Waals surface area contributed by atoms with Gasteiger partial charge >= 0.3 is 0 Å². The first kappa shape index (κ1) is 5.58. The molecular formula is C3H3NO3S. The number of amides is 2. The second-order valence-corrected chi connectivity index (χ2v) is 2.30. The van der Waals surface area contributed by atoms with E-state index in [0.29, 0.717) is 11.8 Å². The van der Waals surface area contributed by atoms with Crippen molar-refractivity contribution >= 4 is 22.9 Å². The minimum Gasteiger partial charge on any atom is -0.373 e. The van der Waals surface area contributed by atoms with Gasteiger partial charge in [0.05, 0.1) is 0 Å². The summed E-state index contributed by atoms with van der Waals surface area (Å²) in [5.74, 6) is -0.625. The molecule has 44 valence electrons. The number of carbonyl (C=O) groups excluding carboxylic acids is 2. The fourth-order valence-electron chi connectivity index (χ4n) is 0.347. The highest BCUT2D eigenvalue weighted by molar-refractivity contribution is 8.15. The Hall–Kier alpha value is -0.550. The van der Waals surface area contributed by atoms with Gasteiger partial charge in [0.2, 0.25) is 0 Å². The first-order chi connectivity index (χ1) is 3.70. The third-order valence-electron chi connectivity index (χ3n) is 0.668. The van der Waals surface area contributed by atoms with Crippen LogP contribution in [0.3, 0.4) is 0 Å². The highest BCUT2D eigenvalue weighted by atomic mass is 32.2. The average Bonchev–Trinajstić information content (AvgIpc) is 1.85. The van der Waals surface area contributed by atoms with Crippen LogP contribution >= 0.6 is 11.8 Å². The number of hydrogen-bond acceptors (Lipinski definition) is 4. The molecule has 2 N–H and O–H groups in total. The maximum absolute atomic E-state index is 10.2. The number of imide groups is 1. The van der Waals surface area contributed by atoms with E-state index in [4.69, 9.17) is 5.11 Å². The first-order valence-corrected chi connectivity index (χ1v) is 2.77. The minimum absolute atomic E-state index is 0.484. The molecule has 1 atom stereocenters. The molecule has 1 heterocycles. The number of carbonyl (C=O) groups is 2. The number of aliphatic hydroxyl groups is 1.